The van der Waals surface area contributed by atoms with Gasteiger partial charge in [0.15, 0.2) is 0 Å². The number of hydrogen-bond donors (Lipinski definition) is 1. The molecular weight excluding hydrogens is 200 g/mol. The molecule has 1 rings (SSSR count). The number of hydrogen-bond acceptors (Lipinski definition) is 2. The molecule has 1 aromatic rings. The summed E-state index contributed by atoms with van der Waals surface area (Å²) in [6.45, 7) is 6.45. The number of benzene rings is 1. The lowest BCUT2D eigenvalue weighted by Gasteiger charge is -2.23. The summed E-state index contributed by atoms with van der Waals surface area (Å²) in [4.78, 5) is 0. The summed E-state index contributed by atoms with van der Waals surface area (Å²) in [5, 5.41) is 9.30. The van der Waals surface area contributed by atoms with Crippen molar-refractivity contribution < 1.29 is 9.84 Å². The summed E-state index contributed by atoms with van der Waals surface area (Å²) >= 11 is 0. The first-order valence-electron chi connectivity index (χ1n) is 5.79. The zero-order chi connectivity index (χ0) is 12.2. The van der Waals surface area contributed by atoms with Crippen molar-refractivity contribution >= 4 is 0 Å². The van der Waals surface area contributed by atoms with Crippen LogP contribution in [0.15, 0.2) is 18.2 Å². The van der Waals surface area contributed by atoms with E-state index >= 15 is 0 Å². The predicted molar refractivity (Wildman–Crippen MR) is 66.9 cm³/mol. The predicted octanol–water partition coefficient (Wildman–Crippen LogP) is 2.82. The molecule has 1 aromatic carbocycles. The van der Waals surface area contributed by atoms with Crippen molar-refractivity contribution in [3.8, 4) is 5.75 Å². The van der Waals surface area contributed by atoms with E-state index in [9.17, 15) is 5.11 Å². The Morgan fingerprint density at radius 3 is 2.50 bits per heavy atom. The lowest BCUT2D eigenvalue weighted by atomic mass is 9.86. The molecule has 0 aliphatic heterocycles. The van der Waals surface area contributed by atoms with Gasteiger partial charge < -0.3 is 9.84 Å². The number of ether oxygens (including phenoxy) is 1. The molecule has 0 fully saturated rings. The van der Waals surface area contributed by atoms with Gasteiger partial charge in [-0.15, -0.1) is 0 Å². The molecule has 2 nitrogen and oxygen atoms in total. The van der Waals surface area contributed by atoms with Crippen molar-refractivity contribution in [2.45, 2.75) is 33.6 Å². The second kappa shape index (κ2) is 5.35. The minimum Gasteiger partial charge on any atom is -0.496 e. The summed E-state index contributed by atoms with van der Waals surface area (Å²) in [5.74, 6) is 0.915. The second-order valence-electron chi connectivity index (χ2n) is 5.00. The maximum absolute atomic E-state index is 9.30. The van der Waals surface area contributed by atoms with Gasteiger partial charge in [-0.3, -0.25) is 0 Å². The molecular formula is C14H22O2. The molecule has 0 unspecified atom stereocenters. The van der Waals surface area contributed by atoms with Crippen LogP contribution in [0.2, 0.25) is 0 Å². The number of methoxy groups -OCH3 is 1. The fourth-order valence-corrected chi connectivity index (χ4v) is 1.76. The molecule has 0 aliphatic rings. The summed E-state index contributed by atoms with van der Waals surface area (Å²) in [7, 11) is 1.69. The molecule has 0 spiro atoms. The highest BCUT2D eigenvalue weighted by Crippen LogP contribution is 2.28. The average Bonchev–Trinajstić information content (AvgIpc) is 2.28. The minimum atomic E-state index is -0.0976. The van der Waals surface area contributed by atoms with Crippen LogP contribution in [0, 0.1) is 5.41 Å². The minimum absolute atomic E-state index is 0.0976. The lowest BCUT2D eigenvalue weighted by molar-refractivity contribution is 0.159. The fourth-order valence-electron chi connectivity index (χ4n) is 1.76. The standard InChI is InChI=1S/C14H22O2/c1-5-11-6-7-13(16-4)12(8-11)9-14(2,3)10-15/h6-8,15H,5,9-10H2,1-4H3. The van der Waals surface area contributed by atoms with Crippen LogP contribution in [0.4, 0.5) is 0 Å². The molecule has 90 valence electrons. The van der Waals surface area contributed by atoms with E-state index in [1.165, 1.54) is 11.1 Å². The molecule has 0 heterocycles. The van der Waals surface area contributed by atoms with E-state index in [-0.39, 0.29) is 12.0 Å². The lowest BCUT2D eigenvalue weighted by Crippen LogP contribution is -2.20. The van der Waals surface area contributed by atoms with Gasteiger partial charge in [-0.1, -0.05) is 32.9 Å². The van der Waals surface area contributed by atoms with Gasteiger partial charge in [-0.05, 0) is 35.4 Å². The van der Waals surface area contributed by atoms with Crippen LogP contribution >= 0.6 is 0 Å². The Bertz CT molecular complexity index is 343. The van der Waals surface area contributed by atoms with E-state index < -0.39 is 0 Å². The van der Waals surface area contributed by atoms with E-state index in [0.29, 0.717) is 0 Å². The third-order valence-electron chi connectivity index (χ3n) is 2.85. The third kappa shape index (κ3) is 3.24. The van der Waals surface area contributed by atoms with Gasteiger partial charge in [-0.25, -0.2) is 0 Å². The van der Waals surface area contributed by atoms with Crippen LogP contribution in [0.1, 0.15) is 31.9 Å². The third-order valence-corrected chi connectivity index (χ3v) is 2.85. The molecule has 0 aromatic heterocycles. The molecule has 0 saturated heterocycles. The smallest absolute Gasteiger partial charge is 0.122 e. The molecule has 2 heteroatoms. The van der Waals surface area contributed by atoms with Crippen molar-refractivity contribution in [2.75, 3.05) is 13.7 Å². The molecule has 0 aliphatic carbocycles. The zero-order valence-electron chi connectivity index (χ0n) is 10.7. The van der Waals surface area contributed by atoms with E-state index in [1.807, 2.05) is 6.07 Å². The average molecular weight is 222 g/mol. The highest BCUT2D eigenvalue weighted by atomic mass is 16.5. The largest absolute Gasteiger partial charge is 0.496 e. The van der Waals surface area contributed by atoms with Crippen molar-refractivity contribution in [3.63, 3.8) is 0 Å². The maximum atomic E-state index is 9.30. The van der Waals surface area contributed by atoms with E-state index in [4.69, 9.17) is 4.74 Å². The van der Waals surface area contributed by atoms with Crippen molar-refractivity contribution in [2.24, 2.45) is 5.41 Å². The summed E-state index contributed by atoms with van der Waals surface area (Å²) in [6.07, 6.45) is 1.86. The van der Waals surface area contributed by atoms with Gasteiger partial charge in [0.2, 0.25) is 0 Å². The van der Waals surface area contributed by atoms with E-state index in [0.717, 1.165) is 18.6 Å². The molecule has 0 bridgehead atoms. The van der Waals surface area contributed by atoms with E-state index in [1.54, 1.807) is 7.11 Å². The first kappa shape index (κ1) is 13.0. The Hall–Kier alpha value is -1.02. The van der Waals surface area contributed by atoms with Crippen LogP contribution in [-0.2, 0) is 12.8 Å². The maximum Gasteiger partial charge on any atom is 0.122 e. The Kier molecular flexibility index (Phi) is 4.36. The summed E-state index contributed by atoms with van der Waals surface area (Å²) < 4.78 is 5.35. The first-order chi connectivity index (χ1) is 7.52. The van der Waals surface area contributed by atoms with Crippen LogP contribution in [-0.4, -0.2) is 18.8 Å². The first-order valence-corrected chi connectivity index (χ1v) is 5.79. The molecule has 0 radical (unpaired) electrons. The molecule has 1 N–H and O–H groups in total. The van der Waals surface area contributed by atoms with Crippen molar-refractivity contribution in [1.82, 2.24) is 0 Å². The van der Waals surface area contributed by atoms with Gasteiger partial charge in [0.25, 0.3) is 0 Å². The van der Waals surface area contributed by atoms with Crippen LogP contribution in [0.5, 0.6) is 5.75 Å². The van der Waals surface area contributed by atoms with E-state index in [2.05, 4.69) is 32.9 Å². The molecule has 16 heavy (non-hydrogen) atoms. The summed E-state index contributed by atoms with van der Waals surface area (Å²) in [5.41, 5.74) is 2.39. The monoisotopic (exact) mass is 222 g/mol. The topological polar surface area (TPSA) is 29.5 Å². The molecule has 0 atom stereocenters. The van der Waals surface area contributed by atoms with Crippen LogP contribution < -0.4 is 4.74 Å². The Labute approximate surface area is 98.3 Å². The normalized spacial score (nSPS) is 11.6. The fraction of sp³-hybridized carbons (Fsp3) is 0.571. The number of aliphatic hydroxyl groups is 1. The van der Waals surface area contributed by atoms with Crippen molar-refractivity contribution in [3.05, 3.63) is 29.3 Å². The molecule has 0 amide bonds. The Balaban J connectivity index is 3.00. The quantitative estimate of drug-likeness (QED) is 0.830. The van der Waals surface area contributed by atoms with Gasteiger partial charge in [-0.2, -0.15) is 0 Å². The highest BCUT2D eigenvalue weighted by Gasteiger charge is 2.19. The number of aliphatic hydroxyl groups excluding tert-OH is 1. The second-order valence-corrected chi connectivity index (χ2v) is 5.00. The summed E-state index contributed by atoms with van der Waals surface area (Å²) in [6, 6.07) is 6.28. The number of aryl methyl sites for hydroxylation is 1. The Morgan fingerprint density at radius 1 is 1.31 bits per heavy atom. The Morgan fingerprint density at radius 2 is 2.00 bits per heavy atom. The molecule has 0 saturated carbocycles. The SMILES string of the molecule is CCc1ccc(OC)c(CC(C)(C)CO)c1. The highest BCUT2D eigenvalue weighted by molar-refractivity contribution is 5.38. The van der Waals surface area contributed by atoms with Crippen LogP contribution in [0.3, 0.4) is 0 Å². The van der Waals surface area contributed by atoms with Crippen LogP contribution in [0.25, 0.3) is 0 Å². The van der Waals surface area contributed by atoms with Gasteiger partial charge in [0.1, 0.15) is 5.75 Å². The van der Waals surface area contributed by atoms with Gasteiger partial charge in [0, 0.05) is 6.61 Å². The number of rotatable bonds is 5. The van der Waals surface area contributed by atoms with Gasteiger partial charge in [0.05, 0.1) is 7.11 Å². The van der Waals surface area contributed by atoms with Gasteiger partial charge >= 0.3 is 0 Å². The van der Waals surface area contributed by atoms with Crippen molar-refractivity contribution in [1.29, 1.82) is 0 Å². The zero-order valence-corrected chi connectivity index (χ0v) is 10.7.